The van der Waals surface area contributed by atoms with Crippen LogP contribution in [0.4, 0.5) is 4.79 Å². The largest absolute Gasteiger partial charge is 0.497 e. The Kier molecular flexibility index (Phi) is 6.19. The molecule has 1 atom stereocenters. The average molecular weight is 346 g/mol. The Morgan fingerprint density at radius 2 is 2.20 bits per heavy atom. The monoisotopic (exact) mass is 346 g/mol. The molecule has 1 aromatic carbocycles. The number of nitrogens with one attached hydrogen (secondary N) is 2. The second-order valence-corrected chi connectivity index (χ2v) is 7.28. The van der Waals surface area contributed by atoms with Crippen molar-refractivity contribution in [3.05, 3.63) is 29.8 Å². The summed E-state index contributed by atoms with van der Waals surface area (Å²) in [6.45, 7) is 1.44. The van der Waals surface area contributed by atoms with Crippen molar-refractivity contribution in [2.75, 3.05) is 20.3 Å². The molecule has 0 radical (unpaired) electrons. The molecule has 0 aromatic heterocycles. The fourth-order valence-electron chi connectivity index (χ4n) is 4.08. The molecule has 2 N–H and O–H groups in total. The van der Waals surface area contributed by atoms with Gasteiger partial charge < -0.3 is 20.1 Å². The summed E-state index contributed by atoms with van der Waals surface area (Å²) in [5, 5.41) is 6.12. The van der Waals surface area contributed by atoms with Gasteiger partial charge in [-0.05, 0) is 56.2 Å². The van der Waals surface area contributed by atoms with Gasteiger partial charge in [-0.25, -0.2) is 4.79 Å². The van der Waals surface area contributed by atoms with E-state index in [1.54, 1.807) is 7.11 Å². The third-order valence-corrected chi connectivity index (χ3v) is 5.40. The summed E-state index contributed by atoms with van der Waals surface area (Å²) >= 11 is 0. The Morgan fingerprint density at radius 1 is 1.36 bits per heavy atom. The van der Waals surface area contributed by atoms with Crippen LogP contribution in [0.3, 0.4) is 0 Å². The molecule has 1 unspecified atom stereocenters. The Balaban J connectivity index is 1.35. The highest BCUT2D eigenvalue weighted by molar-refractivity contribution is 5.74. The molecule has 1 saturated heterocycles. The molecule has 0 bridgehead atoms. The van der Waals surface area contributed by atoms with Gasteiger partial charge in [-0.2, -0.15) is 0 Å². The molecule has 1 spiro atoms. The number of urea groups is 1. The van der Waals surface area contributed by atoms with Gasteiger partial charge in [-0.1, -0.05) is 25.0 Å². The zero-order valence-corrected chi connectivity index (χ0v) is 15.2. The first-order valence-electron chi connectivity index (χ1n) is 9.50. The van der Waals surface area contributed by atoms with Gasteiger partial charge in [-0.15, -0.1) is 0 Å². The van der Waals surface area contributed by atoms with Crippen molar-refractivity contribution >= 4 is 6.03 Å². The first-order valence-corrected chi connectivity index (χ1v) is 9.50. The average Bonchev–Trinajstić information content (AvgIpc) is 3.06. The lowest BCUT2D eigenvalue weighted by molar-refractivity contribution is -0.0820. The van der Waals surface area contributed by atoms with E-state index in [-0.39, 0.29) is 17.7 Å². The van der Waals surface area contributed by atoms with Gasteiger partial charge in [0.2, 0.25) is 0 Å². The number of carbonyl (C=O) groups is 1. The predicted octanol–water partition coefficient (Wildman–Crippen LogP) is 3.42. The van der Waals surface area contributed by atoms with Crippen molar-refractivity contribution in [1.29, 1.82) is 0 Å². The van der Waals surface area contributed by atoms with E-state index in [1.165, 1.54) is 18.4 Å². The summed E-state index contributed by atoms with van der Waals surface area (Å²) in [7, 11) is 1.68. The number of rotatable bonds is 6. The molecule has 1 aliphatic carbocycles. The number of aryl methyl sites for hydroxylation is 1. The molecule has 3 rings (SSSR count). The minimum absolute atomic E-state index is 0.0442. The maximum absolute atomic E-state index is 12.1. The van der Waals surface area contributed by atoms with Crippen LogP contribution in [0.25, 0.3) is 0 Å². The van der Waals surface area contributed by atoms with Crippen LogP contribution >= 0.6 is 0 Å². The first-order chi connectivity index (χ1) is 12.2. The summed E-state index contributed by atoms with van der Waals surface area (Å²) in [6.07, 6.45) is 8.52. The number of hydrogen-bond donors (Lipinski definition) is 2. The van der Waals surface area contributed by atoms with Crippen LogP contribution in [0.2, 0.25) is 0 Å². The van der Waals surface area contributed by atoms with Crippen LogP contribution in [-0.2, 0) is 11.2 Å². The molecule has 1 aliphatic heterocycles. The Morgan fingerprint density at radius 3 is 3.00 bits per heavy atom. The highest BCUT2D eigenvalue weighted by Crippen LogP contribution is 2.39. The molecule has 2 aliphatic rings. The maximum atomic E-state index is 12.1. The van der Waals surface area contributed by atoms with E-state index in [4.69, 9.17) is 9.47 Å². The number of carbonyl (C=O) groups excluding carboxylic acids is 1. The van der Waals surface area contributed by atoms with Crippen LogP contribution < -0.4 is 15.4 Å². The standard InChI is InChI=1S/C20H30N2O3/c1-24-18-8-4-6-16(14-18)7-5-12-21-19(23)22-17-9-13-25-20(15-17)10-2-3-11-20/h4,6,8,14,17H,2-3,5,7,9-13,15H2,1H3,(H2,21,22,23). The van der Waals surface area contributed by atoms with E-state index in [1.807, 2.05) is 18.2 Å². The zero-order valence-electron chi connectivity index (χ0n) is 15.2. The van der Waals surface area contributed by atoms with Gasteiger partial charge in [0, 0.05) is 19.2 Å². The van der Waals surface area contributed by atoms with Crippen LogP contribution in [0.1, 0.15) is 50.5 Å². The van der Waals surface area contributed by atoms with Crippen molar-refractivity contribution in [1.82, 2.24) is 10.6 Å². The highest BCUT2D eigenvalue weighted by atomic mass is 16.5. The number of benzene rings is 1. The summed E-state index contributed by atoms with van der Waals surface area (Å²) in [5.41, 5.74) is 1.27. The lowest BCUT2D eigenvalue weighted by Gasteiger charge is -2.38. The topological polar surface area (TPSA) is 59.6 Å². The normalized spacial score (nSPS) is 21.9. The second kappa shape index (κ2) is 8.56. The van der Waals surface area contributed by atoms with Gasteiger partial charge in [0.1, 0.15) is 5.75 Å². The predicted molar refractivity (Wildman–Crippen MR) is 98.0 cm³/mol. The van der Waals surface area contributed by atoms with Gasteiger partial charge in [0.05, 0.1) is 12.7 Å². The Bertz CT molecular complexity index is 570. The smallest absolute Gasteiger partial charge is 0.315 e. The zero-order chi connectivity index (χ0) is 17.5. The van der Waals surface area contributed by atoms with E-state index < -0.39 is 0 Å². The SMILES string of the molecule is COc1cccc(CCCNC(=O)NC2CCOC3(CCCC3)C2)c1. The van der Waals surface area contributed by atoms with Crippen molar-refractivity contribution in [3.63, 3.8) is 0 Å². The second-order valence-electron chi connectivity index (χ2n) is 7.28. The first kappa shape index (κ1) is 18.1. The number of amides is 2. The molecule has 1 heterocycles. The fraction of sp³-hybridized carbons (Fsp3) is 0.650. The quantitative estimate of drug-likeness (QED) is 0.776. The molecule has 138 valence electrons. The van der Waals surface area contributed by atoms with Crippen molar-refractivity contribution in [3.8, 4) is 5.75 Å². The van der Waals surface area contributed by atoms with Crippen molar-refractivity contribution in [2.24, 2.45) is 0 Å². The maximum Gasteiger partial charge on any atom is 0.315 e. The summed E-state index contributed by atoms with van der Waals surface area (Å²) < 4.78 is 11.3. The van der Waals surface area contributed by atoms with E-state index in [0.717, 1.165) is 50.9 Å². The summed E-state index contributed by atoms with van der Waals surface area (Å²) in [4.78, 5) is 12.1. The fourth-order valence-corrected chi connectivity index (χ4v) is 4.08. The van der Waals surface area contributed by atoms with Crippen molar-refractivity contribution < 1.29 is 14.3 Å². The van der Waals surface area contributed by atoms with Crippen LogP contribution in [0.15, 0.2) is 24.3 Å². The molecular weight excluding hydrogens is 316 g/mol. The lowest BCUT2D eigenvalue weighted by Crippen LogP contribution is -2.50. The van der Waals surface area contributed by atoms with E-state index >= 15 is 0 Å². The van der Waals surface area contributed by atoms with Crippen LogP contribution in [0.5, 0.6) is 5.75 Å². The molecule has 2 amide bonds. The van der Waals surface area contributed by atoms with Crippen LogP contribution in [-0.4, -0.2) is 37.9 Å². The Labute approximate surface area is 150 Å². The van der Waals surface area contributed by atoms with Gasteiger partial charge in [-0.3, -0.25) is 0 Å². The molecule has 5 heteroatoms. The molecule has 2 fully saturated rings. The summed E-state index contributed by atoms with van der Waals surface area (Å²) in [5.74, 6) is 0.878. The van der Waals surface area contributed by atoms with Gasteiger partial charge >= 0.3 is 6.03 Å². The number of hydrogen-bond acceptors (Lipinski definition) is 3. The molecule has 5 nitrogen and oxygen atoms in total. The van der Waals surface area contributed by atoms with Gasteiger partial charge in [0.25, 0.3) is 0 Å². The molecule has 1 aromatic rings. The van der Waals surface area contributed by atoms with E-state index in [9.17, 15) is 4.79 Å². The number of ether oxygens (including phenoxy) is 2. The molecule has 1 saturated carbocycles. The minimum Gasteiger partial charge on any atom is -0.497 e. The minimum atomic E-state index is -0.0503. The summed E-state index contributed by atoms with van der Waals surface area (Å²) in [6, 6.07) is 8.27. The van der Waals surface area contributed by atoms with Crippen LogP contribution in [0, 0.1) is 0 Å². The third kappa shape index (κ3) is 5.11. The van der Waals surface area contributed by atoms with Crippen molar-refractivity contribution in [2.45, 2.75) is 63.0 Å². The van der Waals surface area contributed by atoms with E-state index in [2.05, 4.69) is 16.7 Å². The highest BCUT2D eigenvalue weighted by Gasteiger charge is 2.40. The number of methoxy groups -OCH3 is 1. The van der Waals surface area contributed by atoms with E-state index in [0.29, 0.717) is 6.54 Å². The Hall–Kier alpha value is -1.75. The molecular formula is C20H30N2O3. The lowest BCUT2D eigenvalue weighted by atomic mass is 9.89. The van der Waals surface area contributed by atoms with Gasteiger partial charge in [0.15, 0.2) is 0 Å². The molecule has 25 heavy (non-hydrogen) atoms. The third-order valence-electron chi connectivity index (χ3n) is 5.40.